The standard InChI is InChI=1S/C16H26N2O/c1-12(17)15-13(7-5-8-14(15)19-4)18-10-6-9-16(2,3)11-18/h5,7-8,12H,6,9-11,17H2,1-4H3. The molecule has 1 aromatic carbocycles. The monoisotopic (exact) mass is 262 g/mol. The second-order valence-electron chi connectivity index (χ2n) is 6.37. The van der Waals surface area contributed by atoms with Crippen molar-refractivity contribution in [3.8, 4) is 5.75 Å². The topological polar surface area (TPSA) is 38.5 Å². The van der Waals surface area contributed by atoms with Crippen molar-refractivity contribution in [3.63, 3.8) is 0 Å². The number of nitrogens with zero attached hydrogens (tertiary/aromatic N) is 1. The van der Waals surface area contributed by atoms with Crippen LogP contribution in [-0.4, -0.2) is 20.2 Å². The Morgan fingerprint density at radius 1 is 1.37 bits per heavy atom. The van der Waals surface area contributed by atoms with Crippen LogP contribution in [0.25, 0.3) is 0 Å². The molecule has 3 heteroatoms. The van der Waals surface area contributed by atoms with Crippen LogP contribution in [-0.2, 0) is 0 Å². The maximum absolute atomic E-state index is 6.16. The summed E-state index contributed by atoms with van der Waals surface area (Å²) in [5, 5.41) is 0. The largest absolute Gasteiger partial charge is 0.496 e. The fourth-order valence-corrected chi connectivity index (χ4v) is 3.07. The molecule has 1 heterocycles. The summed E-state index contributed by atoms with van der Waals surface area (Å²) in [6, 6.07) is 6.21. The van der Waals surface area contributed by atoms with E-state index in [1.165, 1.54) is 18.5 Å². The number of ether oxygens (including phenoxy) is 1. The Morgan fingerprint density at radius 2 is 2.11 bits per heavy atom. The van der Waals surface area contributed by atoms with E-state index in [9.17, 15) is 0 Å². The van der Waals surface area contributed by atoms with Crippen molar-refractivity contribution in [2.45, 2.75) is 39.7 Å². The maximum atomic E-state index is 6.16. The van der Waals surface area contributed by atoms with Crippen LogP contribution in [0.2, 0.25) is 0 Å². The molecule has 106 valence electrons. The van der Waals surface area contributed by atoms with E-state index >= 15 is 0 Å². The molecular weight excluding hydrogens is 236 g/mol. The van der Waals surface area contributed by atoms with Gasteiger partial charge in [-0.15, -0.1) is 0 Å². The van der Waals surface area contributed by atoms with Gasteiger partial charge >= 0.3 is 0 Å². The zero-order valence-corrected chi connectivity index (χ0v) is 12.6. The second kappa shape index (κ2) is 5.41. The van der Waals surface area contributed by atoms with Crippen molar-refractivity contribution in [1.82, 2.24) is 0 Å². The lowest BCUT2D eigenvalue weighted by Gasteiger charge is -2.40. The van der Waals surface area contributed by atoms with Gasteiger partial charge in [-0.3, -0.25) is 0 Å². The van der Waals surface area contributed by atoms with E-state index in [0.717, 1.165) is 24.4 Å². The normalized spacial score (nSPS) is 20.2. The molecule has 1 aromatic rings. The first-order valence-corrected chi connectivity index (χ1v) is 7.12. The number of methoxy groups -OCH3 is 1. The maximum Gasteiger partial charge on any atom is 0.125 e. The molecule has 0 radical (unpaired) electrons. The predicted molar refractivity (Wildman–Crippen MR) is 80.8 cm³/mol. The van der Waals surface area contributed by atoms with Crippen LogP contribution in [0.1, 0.15) is 45.2 Å². The van der Waals surface area contributed by atoms with Gasteiger partial charge in [-0.25, -0.2) is 0 Å². The molecule has 0 aromatic heterocycles. The van der Waals surface area contributed by atoms with Crippen molar-refractivity contribution < 1.29 is 4.74 Å². The molecule has 0 spiro atoms. The lowest BCUT2D eigenvalue weighted by molar-refractivity contribution is 0.292. The van der Waals surface area contributed by atoms with Crippen molar-refractivity contribution >= 4 is 5.69 Å². The highest BCUT2D eigenvalue weighted by Gasteiger charge is 2.28. The first-order valence-electron chi connectivity index (χ1n) is 7.12. The van der Waals surface area contributed by atoms with Crippen molar-refractivity contribution in [1.29, 1.82) is 0 Å². The molecule has 1 saturated heterocycles. The zero-order chi connectivity index (χ0) is 14.0. The fourth-order valence-electron chi connectivity index (χ4n) is 3.07. The molecule has 0 amide bonds. The number of nitrogens with two attached hydrogens (primary N) is 1. The third-order valence-electron chi connectivity index (χ3n) is 3.96. The van der Waals surface area contributed by atoms with Crippen LogP contribution in [0, 0.1) is 5.41 Å². The van der Waals surface area contributed by atoms with Crippen LogP contribution in [0.15, 0.2) is 18.2 Å². The smallest absolute Gasteiger partial charge is 0.125 e. The highest BCUT2D eigenvalue weighted by Crippen LogP contribution is 2.38. The van der Waals surface area contributed by atoms with E-state index in [4.69, 9.17) is 10.5 Å². The lowest BCUT2D eigenvalue weighted by Crippen LogP contribution is -2.40. The molecule has 19 heavy (non-hydrogen) atoms. The van der Waals surface area contributed by atoms with Crippen LogP contribution < -0.4 is 15.4 Å². The molecule has 2 N–H and O–H groups in total. The van der Waals surface area contributed by atoms with Crippen LogP contribution in [0.3, 0.4) is 0 Å². The van der Waals surface area contributed by atoms with E-state index in [1.807, 2.05) is 13.0 Å². The Bertz CT molecular complexity index is 440. The number of hydrogen-bond acceptors (Lipinski definition) is 3. The van der Waals surface area contributed by atoms with E-state index < -0.39 is 0 Å². The molecular formula is C16H26N2O. The first kappa shape index (κ1) is 14.2. The van der Waals surface area contributed by atoms with Crippen molar-refractivity contribution in [3.05, 3.63) is 23.8 Å². The average Bonchev–Trinajstić information content (AvgIpc) is 2.36. The summed E-state index contributed by atoms with van der Waals surface area (Å²) >= 11 is 0. The molecule has 2 rings (SSSR count). The Balaban J connectivity index is 2.38. The number of anilines is 1. The van der Waals surface area contributed by atoms with Gasteiger partial charge in [-0.1, -0.05) is 19.9 Å². The summed E-state index contributed by atoms with van der Waals surface area (Å²) in [6.07, 6.45) is 2.53. The Morgan fingerprint density at radius 3 is 2.68 bits per heavy atom. The van der Waals surface area contributed by atoms with E-state index in [0.29, 0.717) is 5.41 Å². The third kappa shape index (κ3) is 3.03. The average molecular weight is 262 g/mol. The number of piperidine rings is 1. The summed E-state index contributed by atoms with van der Waals surface area (Å²) in [7, 11) is 1.71. The van der Waals surface area contributed by atoms with Crippen LogP contribution in [0.4, 0.5) is 5.69 Å². The molecule has 0 bridgehead atoms. The van der Waals surface area contributed by atoms with Gasteiger partial charge in [-0.2, -0.15) is 0 Å². The summed E-state index contributed by atoms with van der Waals surface area (Å²) in [4.78, 5) is 2.46. The summed E-state index contributed by atoms with van der Waals surface area (Å²) in [6.45, 7) is 8.89. The molecule has 1 aliphatic heterocycles. The molecule has 0 saturated carbocycles. The van der Waals surface area contributed by atoms with E-state index in [-0.39, 0.29) is 6.04 Å². The third-order valence-corrected chi connectivity index (χ3v) is 3.96. The van der Waals surface area contributed by atoms with E-state index in [1.54, 1.807) is 7.11 Å². The Hall–Kier alpha value is -1.22. The van der Waals surface area contributed by atoms with Gasteiger partial charge < -0.3 is 15.4 Å². The minimum atomic E-state index is -0.0174. The summed E-state index contributed by atoms with van der Waals surface area (Å²) in [5.41, 5.74) is 8.90. The van der Waals surface area contributed by atoms with Gasteiger partial charge in [0.25, 0.3) is 0 Å². The highest BCUT2D eigenvalue weighted by molar-refractivity contribution is 5.61. The van der Waals surface area contributed by atoms with Gasteiger partial charge in [0, 0.05) is 30.4 Å². The minimum Gasteiger partial charge on any atom is -0.496 e. The first-order chi connectivity index (χ1) is 8.94. The fraction of sp³-hybridized carbons (Fsp3) is 0.625. The summed E-state index contributed by atoms with van der Waals surface area (Å²) < 4.78 is 5.48. The molecule has 1 aliphatic rings. The van der Waals surface area contributed by atoms with Crippen molar-refractivity contribution in [2.75, 3.05) is 25.1 Å². The Kier molecular flexibility index (Phi) is 4.04. The molecule has 1 fully saturated rings. The van der Waals surface area contributed by atoms with Gasteiger partial charge in [0.15, 0.2) is 0 Å². The number of rotatable bonds is 3. The molecule has 1 atom stereocenters. The Labute approximate surface area is 116 Å². The van der Waals surface area contributed by atoms with Gasteiger partial charge in [0.2, 0.25) is 0 Å². The molecule has 1 unspecified atom stereocenters. The zero-order valence-electron chi connectivity index (χ0n) is 12.6. The second-order valence-corrected chi connectivity index (χ2v) is 6.37. The predicted octanol–water partition coefficient (Wildman–Crippen LogP) is 3.34. The SMILES string of the molecule is COc1cccc(N2CCCC(C)(C)C2)c1C(C)N. The quantitative estimate of drug-likeness (QED) is 0.908. The lowest BCUT2D eigenvalue weighted by atomic mass is 9.83. The molecule has 0 aliphatic carbocycles. The summed E-state index contributed by atoms with van der Waals surface area (Å²) in [5.74, 6) is 0.899. The molecule has 3 nitrogen and oxygen atoms in total. The number of hydrogen-bond donors (Lipinski definition) is 1. The van der Waals surface area contributed by atoms with Gasteiger partial charge in [-0.05, 0) is 37.3 Å². The van der Waals surface area contributed by atoms with E-state index in [2.05, 4.69) is 30.9 Å². The van der Waals surface area contributed by atoms with Crippen molar-refractivity contribution in [2.24, 2.45) is 11.1 Å². The van der Waals surface area contributed by atoms with Gasteiger partial charge in [0.1, 0.15) is 5.75 Å². The van der Waals surface area contributed by atoms with Crippen LogP contribution >= 0.6 is 0 Å². The highest BCUT2D eigenvalue weighted by atomic mass is 16.5. The minimum absolute atomic E-state index is 0.0174. The number of benzene rings is 1. The van der Waals surface area contributed by atoms with Gasteiger partial charge in [0.05, 0.1) is 7.11 Å². The van der Waals surface area contributed by atoms with Crippen LogP contribution in [0.5, 0.6) is 5.75 Å².